The van der Waals surface area contributed by atoms with E-state index in [1.54, 1.807) is 13.2 Å². The number of aryl methyl sites for hydroxylation is 1. The van der Waals surface area contributed by atoms with Crippen LogP contribution in [0.5, 0.6) is 0 Å². The molecule has 0 saturated heterocycles. The highest BCUT2D eigenvalue weighted by atomic mass is 16.5. The maximum atomic E-state index is 12.5. The van der Waals surface area contributed by atoms with E-state index in [0.29, 0.717) is 5.56 Å². The average Bonchev–Trinajstić information content (AvgIpc) is 3.04. The molecular weight excluding hydrogens is 344 g/mol. The molecule has 0 aliphatic rings. The molecule has 2 aromatic rings. The highest BCUT2D eigenvalue weighted by Gasteiger charge is 2.24. The van der Waals surface area contributed by atoms with Gasteiger partial charge in [0.15, 0.2) is 11.9 Å². The van der Waals surface area contributed by atoms with Gasteiger partial charge in [-0.2, -0.15) is 0 Å². The second-order valence-electron chi connectivity index (χ2n) is 6.59. The van der Waals surface area contributed by atoms with Gasteiger partial charge in [0.2, 0.25) is 0 Å². The Hall–Kier alpha value is -2.89. The number of hydrogen-bond acceptors (Lipinski definition) is 4. The summed E-state index contributed by atoms with van der Waals surface area (Å²) >= 11 is 0. The number of carbonyl (C=O) groups is 3. The fraction of sp³-hybridized carbons (Fsp3) is 0.381. The third kappa shape index (κ3) is 5.29. The van der Waals surface area contributed by atoms with Crippen LogP contribution in [0.2, 0.25) is 0 Å². The first-order chi connectivity index (χ1) is 12.8. The number of carbonyl (C=O) groups excluding carboxylic acids is 3. The summed E-state index contributed by atoms with van der Waals surface area (Å²) < 4.78 is 6.83. The lowest BCUT2D eigenvalue weighted by Gasteiger charge is -2.21. The maximum absolute atomic E-state index is 12.5. The highest BCUT2D eigenvalue weighted by molar-refractivity contribution is 5.98. The van der Waals surface area contributed by atoms with E-state index in [-0.39, 0.29) is 23.4 Å². The summed E-state index contributed by atoms with van der Waals surface area (Å²) in [4.78, 5) is 36.3. The van der Waals surface area contributed by atoms with Gasteiger partial charge in [0.25, 0.3) is 5.91 Å². The van der Waals surface area contributed by atoms with Gasteiger partial charge >= 0.3 is 5.97 Å². The Kier molecular flexibility index (Phi) is 6.93. The Balaban J connectivity index is 2.03. The van der Waals surface area contributed by atoms with Crippen molar-refractivity contribution in [3.05, 3.63) is 59.4 Å². The van der Waals surface area contributed by atoms with Crippen molar-refractivity contribution < 1.29 is 19.1 Å². The fourth-order valence-electron chi connectivity index (χ4n) is 2.82. The molecule has 0 saturated carbocycles. The normalized spacial score (nSPS) is 12.9. The summed E-state index contributed by atoms with van der Waals surface area (Å²) in [5, 5.41) is 2.95. The Labute approximate surface area is 159 Å². The van der Waals surface area contributed by atoms with Crippen molar-refractivity contribution in [2.24, 2.45) is 7.05 Å². The number of nitrogens with zero attached hydrogens (tertiary/aromatic N) is 1. The molecule has 0 spiro atoms. The molecule has 6 nitrogen and oxygen atoms in total. The van der Waals surface area contributed by atoms with E-state index in [4.69, 9.17) is 4.74 Å². The molecule has 27 heavy (non-hydrogen) atoms. The number of amides is 1. The van der Waals surface area contributed by atoms with Gasteiger partial charge in [-0.3, -0.25) is 9.59 Å². The molecule has 1 N–H and O–H groups in total. The predicted octanol–water partition coefficient (Wildman–Crippen LogP) is 3.43. The molecule has 2 rings (SSSR count). The average molecular weight is 370 g/mol. The molecule has 1 aromatic carbocycles. The topological polar surface area (TPSA) is 77.4 Å². The van der Waals surface area contributed by atoms with Crippen molar-refractivity contribution >= 4 is 17.7 Å². The molecule has 1 heterocycles. The minimum absolute atomic E-state index is 0.135. The number of esters is 1. The van der Waals surface area contributed by atoms with Crippen LogP contribution in [0.3, 0.4) is 0 Å². The molecule has 144 valence electrons. The van der Waals surface area contributed by atoms with Gasteiger partial charge < -0.3 is 14.6 Å². The summed E-state index contributed by atoms with van der Waals surface area (Å²) in [6, 6.07) is 11.0. The zero-order valence-electron chi connectivity index (χ0n) is 16.2. The Bertz CT molecular complexity index is 811. The monoisotopic (exact) mass is 370 g/mol. The van der Waals surface area contributed by atoms with Crippen LogP contribution in [0.1, 0.15) is 66.1 Å². The third-order valence-electron chi connectivity index (χ3n) is 4.37. The molecule has 0 unspecified atom stereocenters. The number of Topliss-reactive ketones (excluding diaryl/α,β-unsaturated/α-hetero) is 1. The fourth-order valence-corrected chi connectivity index (χ4v) is 2.82. The summed E-state index contributed by atoms with van der Waals surface area (Å²) in [6.45, 7) is 5.02. The molecular formula is C21H26N2O4. The highest BCUT2D eigenvalue weighted by Crippen LogP contribution is 2.18. The number of ketones is 1. The van der Waals surface area contributed by atoms with Crippen molar-refractivity contribution in [2.75, 3.05) is 0 Å². The molecule has 6 heteroatoms. The Morgan fingerprint density at radius 3 is 2.41 bits per heavy atom. The minimum Gasteiger partial charge on any atom is -0.448 e. The summed E-state index contributed by atoms with van der Waals surface area (Å²) in [6.07, 6.45) is 2.31. The van der Waals surface area contributed by atoms with Crippen molar-refractivity contribution in [1.29, 1.82) is 0 Å². The van der Waals surface area contributed by atoms with Gasteiger partial charge in [0.1, 0.15) is 5.69 Å². The molecule has 1 aromatic heterocycles. The smallest absolute Gasteiger partial charge is 0.355 e. The van der Waals surface area contributed by atoms with Gasteiger partial charge in [0, 0.05) is 18.8 Å². The zero-order chi connectivity index (χ0) is 20.0. The zero-order valence-corrected chi connectivity index (χ0v) is 16.2. The molecule has 1 amide bonds. The lowest BCUT2D eigenvalue weighted by Crippen LogP contribution is -2.38. The van der Waals surface area contributed by atoms with Crippen LogP contribution in [0.25, 0.3) is 0 Å². The van der Waals surface area contributed by atoms with E-state index in [2.05, 4.69) is 5.32 Å². The van der Waals surface area contributed by atoms with Crippen molar-refractivity contribution in [3.63, 3.8) is 0 Å². The van der Waals surface area contributed by atoms with Crippen LogP contribution in [0, 0.1) is 0 Å². The van der Waals surface area contributed by atoms with Crippen molar-refractivity contribution in [3.8, 4) is 0 Å². The van der Waals surface area contributed by atoms with Crippen molar-refractivity contribution in [1.82, 2.24) is 9.88 Å². The van der Waals surface area contributed by atoms with E-state index >= 15 is 0 Å². The van der Waals surface area contributed by atoms with Gasteiger partial charge in [-0.05, 0) is 31.9 Å². The number of rotatable bonds is 8. The van der Waals surface area contributed by atoms with Crippen molar-refractivity contribution in [2.45, 2.75) is 45.8 Å². The molecule has 0 aliphatic heterocycles. The Morgan fingerprint density at radius 2 is 1.85 bits per heavy atom. The van der Waals surface area contributed by atoms with Gasteiger partial charge in [0.05, 0.1) is 6.04 Å². The molecule has 2 atom stereocenters. The molecule has 0 aliphatic carbocycles. The van der Waals surface area contributed by atoms with Crippen LogP contribution in [-0.2, 0) is 16.6 Å². The lowest BCUT2D eigenvalue weighted by molar-refractivity contribution is -0.130. The standard InChI is InChI=1S/C21H26N2O4/c1-5-9-18(16-10-7-6-8-11-16)22-20(25)15(3)27-21(26)19-12-17(14(2)24)13-23(19)4/h6-8,10-13,15,18H,5,9H2,1-4H3,(H,22,25)/t15-,18-/m0/s1. The molecule has 0 fully saturated rings. The minimum atomic E-state index is -0.948. The van der Waals surface area contributed by atoms with Crippen LogP contribution in [0.4, 0.5) is 0 Å². The van der Waals surface area contributed by atoms with E-state index in [1.165, 1.54) is 24.5 Å². The number of hydrogen-bond donors (Lipinski definition) is 1. The molecule has 0 bridgehead atoms. The van der Waals surface area contributed by atoms with E-state index in [9.17, 15) is 14.4 Å². The third-order valence-corrected chi connectivity index (χ3v) is 4.37. The lowest BCUT2D eigenvalue weighted by atomic mass is 10.0. The largest absolute Gasteiger partial charge is 0.448 e. The van der Waals surface area contributed by atoms with Crippen LogP contribution in [-0.4, -0.2) is 28.3 Å². The SMILES string of the molecule is CCC[C@H](NC(=O)[C@H](C)OC(=O)c1cc(C(C)=O)cn1C)c1ccccc1. The van der Waals surface area contributed by atoms with E-state index in [1.807, 2.05) is 37.3 Å². The summed E-state index contributed by atoms with van der Waals surface area (Å²) in [5.41, 5.74) is 1.67. The second-order valence-corrected chi connectivity index (χ2v) is 6.59. The molecule has 0 radical (unpaired) electrons. The van der Waals surface area contributed by atoms with Gasteiger partial charge in [-0.1, -0.05) is 43.7 Å². The summed E-state index contributed by atoms with van der Waals surface area (Å²) in [7, 11) is 1.65. The predicted molar refractivity (Wildman–Crippen MR) is 103 cm³/mol. The second kappa shape index (κ2) is 9.16. The van der Waals surface area contributed by atoms with E-state index < -0.39 is 12.1 Å². The summed E-state index contributed by atoms with van der Waals surface area (Å²) in [5.74, 6) is -1.13. The first-order valence-corrected chi connectivity index (χ1v) is 9.07. The Morgan fingerprint density at radius 1 is 1.19 bits per heavy atom. The van der Waals surface area contributed by atoms with Crippen LogP contribution in [0.15, 0.2) is 42.6 Å². The first kappa shape index (κ1) is 20.4. The van der Waals surface area contributed by atoms with Gasteiger partial charge in [-0.25, -0.2) is 4.79 Å². The number of aromatic nitrogens is 1. The number of benzene rings is 1. The number of nitrogens with one attached hydrogen (secondary N) is 1. The maximum Gasteiger partial charge on any atom is 0.355 e. The van der Waals surface area contributed by atoms with Crippen LogP contribution >= 0.6 is 0 Å². The van der Waals surface area contributed by atoms with Crippen LogP contribution < -0.4 is 5.32 Å². The van der Waals surface area contributed by atoms with Gasteiger partial charge in [-0.15, -0.1) is 0 Å². The van der Waals surface area contributed by atoms with E-state index in [0.717, 1.165) is 18.4 Å². The quantitative estimate of drug-likeness (QED) is 0.570. The first-order valence-electron chi connectivity index (χ1n) is 9.07. The number of ether oxygens (including phenoxy) is 1.